The van der Waals surface area contributed by atoms with Gasteiger partial charge in [-0.2, -0.15) is 0 Å². The van der Waals surface area contributed by atoms with E-state index < -0.39 is 11.6 Å². The van der Waals surface area contributed by atoms with E-state index in [0.29, 0.717) is 27.9 Å². The van der Waals surface area contributed by atoms with Gasteiger partial charge in [0.1, 0.15) is 23.0 Å². The van der Waals surface area contributed by atoms with E-state index in [0.717, 1.165) is 0 Å². The summed E-state index contributed by atoms with van der Waals surface area (Å²) in [6.45, 7) is 0. The predicted molar refractivity (Wildman–Crippen MR) is 109 cm³/mol. The summed E-state index contributed by atoms with van der Waals surface area (Å²) in [7, 11) is 0. The van der Waals surface area contributed by atoms with Gasteiger partial charge in [0, 0.05) is 34.5 Å². The van der Waals surface area contributed by atoms with Crippen molar-refractivity contribution in [2.75, 3.05) is 11.1 Å². The van der Waals surface area contributed by atoms with Crippen LogP contribution in [0.3, 0.4) is 0 Å². The van der Waals surface area contributed by atoms with Crippen LogP contribution in [0.2, 0.25) is 0 Å². The molecule has 8 heteroatoms. The van der Waals surface area contributed by atoms with Crippen LogP contribution in [0.25, 0.3) is 0 Å². The molecule has 2 aliphatic rings. The first-order valence-electron chi connectivity index (χ1n) is 9.03. The van der Waals surface area contributed by atoms with Crippen LogP contribution in [0.1, 0.15) is 27.0 Å². The quantitative estimate of drug-likeness (QED) is 0.545. The normalized spacial score (nSPS) is 14.9. The molecule has 1 radical (unpaired) electrons. The highest BCUT2D eigenvalue weighted by atomic mass is 32.1. The first-order chi connectivity index (χ1) is 14.4. The Morgan fingerprint density at radius 3 is 2.17 bits per heavy atom. The molecule has 5 rings (SSSR count). The van der Waals surface area contributed by atoms with Gasteiger partial charge in [-0.05, 0) is 42.5 Å². The Morgan fingerprint density at radius 2 is 1.57 bits per heavy atom. The fourth-order valence-corrected chi connectivity index (χ4v) is 4.05. The molecule has 0 unspecified atom stereocenters. The minimum Gasteiger partial charge on any atom is -0.508 e. The van der Waals surface area contributed by atoms with Gasteiger partial charge in [0.2, 0.25) is 5.91 Å². The van der Waals surface area contributed by atoms with Crippen LogP contribution in [0.4, 0.5) is 5.69 Å². The topological polar surface area (TPSA) is 105 Å². The zero-order valence-electron chi connectivity index (χ0n) is 15.3. The highest BCUT2D eigenvalue weighted by Gasteiger charge is 2.53. The van der Waals surface area contributed by atoms with E-state index in [9.17, 15) is 19.8 Å². The average molecular weight is 420 g/mol. The lowest BCUT2D eigenvalue weighted by Crippen LogP contribution is -2.33. The number of ether oxygens (including phenoxy) is 2. The number of hydrogen-bond donors (Lipinski definition) is 3. The highest BCUT2D eigenvalue weighted by Crippen LogP contribution is 2.57. The van der Waals surface area contributed by atoms with E-state index >= 15 is 0 Å². The summed E-state index contributed by atoms with van der Waals surface area (Å²) in [5.41, 5.74) is 0.970. The number of anilines is 1. The summed E-state index contributed by atoms with van der Waals surface area (Å²) in [4.78, 5) is 24.6. The van der Waals surface area contributed by atoms with Gasteiger partial charge in [-0.3, -0.25) is 4.79 Å². The van der Waals surface area contributed by atoms with Crippen molar-refractivity contribution in [3.05, 3.63) is 76.9 Å². The standard InChI is InChI=1S/C22H14NO6S/c24-12-2-5-15-18(8-12)28-19-9-13(25)3-6-16(19)22(15)17-7-11(23-20(26)10-30)1-4-14(17)21(27)29-22/h1-9,24-25H,10H2,(H,23,26). The van der Waals surface area contributed by atoms with Crippen molar-refractivity contribution in [2.24, 2.45) is 0 Å². The number of amides is 1. The van der Waals surface area contributed by atoms with Crippen molar-refractivity contribution in [3.63, 3.8) is 0 Å². The van der Waals surface area contributed by atoms with E-state index in [1.54, 1.807) is 30.3 Å². The maximum absolute atomic E-state index is 12.8. The number of nitrogens with one attached hydrogen (secondary N) is 1. The third-order valence-corrected chi connectivity index (χ3v) is 5.45. The fraction of sp³-hybridized carbons (Fsp3) is 0.0909. The van der Waals surface area contributed by atoms with E-state index in [1.165, 1.54) is 24.3 Å². The van der Waals surface area contributed by atoms with Gasteiger partial charge in [-0.15, -0.1) is 0 Å². The van der Waals surface area contributed by atoms with Crippen molar-refractivity contribution >= 4 is 30.2 Å². The molecular formula is C22H14NO6S. The zero-order valence-corrected chi connectivity index (χ0v) is 16.2. The van der Waals surface area contributed by atoms with E-state index in [4.69, 9.17) is 22.1 Å². The molecule has 30 heavy (non-hydrogen) atoms. The Balaban J connectivity index is 1.81. The smallest absolute Gasteiger partial charge is 0.340 e. The minimum absolute atomic E-state index is 0.0245. The van der Waals surface area contributed by atoms with Crippen molar-refractivity contribution < 1.29 is 29.3 Å². The minimum atomic E-state index is -1.37. The molecule has 1 amide bonds. The maximum atomic E-state index is 12.8. The summed E-state index contributed by atoms with van der Waals surface area (Å²) < 4.78 is 11.9. The molecule has 1 spiro atoms. The molecule has 3 aromatic carbocycles. The summed E-state index contributed by atoms with van der Waals surface area (Å²) >= 11 is 4.78. The highest BCUT2D eigenvalue weighted by molar-refractivity contribution is 7.81. The van der Waals surface area contributed by atoms with Gasteiger partial charge in [0.25, 0.3) is 0 Å². The number of phenols is 2. The van der Waals surface area contributed by atoms with E-state index in [2.05, 4.69) is 5.32 Å². The van der Waals surface area contributed by atoms with Crippen LogP contribution in [0, 0.1) is 0 Å². The lowest BCUT2D eigenvalue weighted by Gasteiger charge is -2.36. The number of carbonyl (C=O) groups excluding carboxylic acids is 2. The molecule has 2 heterocycles. The van der Waals surface area contributed by atoms with Gasteiger partial charge >= 0.3 is 5.97 Å². The molecule has 0 saturated carbocycles. The lowest BCUT2D eigenvalue weighted by molar-refractivity contribution is -0.113. The predicted octanol–water partition coefficient (Wildman–Crippen LogP) is 3.80. The van der Waals surface area contributed by atoms with Gasteiger partial charge in [-0.25, -0.2) is 4.79 Å². The molecule has 0 aliphatic carbocycles. The molecule has 0 aromatic heterocycles. The monoisotopic (exact) mass is 420 g/mol. The van der Waals surface area contributed by atoms with Crippen molar-refractivity contribution in [1.29, 1.82) is 0 Å². The number of aromatic hydroxyl groups is 2. The molecule has 0 atom stereocenters. The molecule has 3 aromatic rings. The van der Waals surface area contributed by atoms with Gasteiger partial charge in [0.15, 0.2) is 5.60 Å². The fourth-order valence-electron chi connectivity index (χ4n) is 3.97. The van der Waals surface area contributed by atoms with Crippen molar-refractivity contribution in [3.8, 4) is 23.0 Å². The van der Waals surface area contributed by atoms with Crippen LogP contribution in [0.5, 0.6) is 23.0 Å². The van der Waals surface area contributed by atoms with Crippen molar-refractivity contribution in [2.45, 2.75) is 5.60 Å². The molecule has 0 saturated heterocycles. The molecule has 2 aliphatic heterocycles. The van der Waals surface area contributed by atoms with Crippen LogP contribution < -0.4 is 10.1 Å². The number of carbonyl (C=O) groups is 2. The Bertz CT molecular complexity index is 1190. The van der Waals surface area contributed by atoms with Crippen LogP contribution in [-0.2, 0) is 15.1 Å². The zero-order chi connectivity index (χ0) is 21.0. The van der Waals surface area contributed by atoms with Gasteiger partial charge in [0.05, 0.1) is 11.3 Å². The van der Waals surface area contributed by atoms with Crippen molar-refractivity contribution in [1.82, 2.24) is 0 Å². The Hall–Kier alpha value is -3.65. The maximum Gasteiger partial charge on any atom is 0.340 e. The lowest BCUT2D eigenvalue weighted by atomic mass is 9.77. The summed E-state index contributed by atoms with van der Waals surface area (Å²) in [5.74, 6) is -0.456. The number of phenolic OH excluding ortho intramolecular Hbond substituents is 2. The number of hydrogen-bond acceptors (Lipinski definition) is 6. The SMILES string of the molecule is O=C(C[S])Nc1ccc2c(c1)C1(OC2=O)c2ccc(O)cc2Oc2cc(O)ccc21. The van der Waals surface area contributed by atoms with Crippen LogP contribution in [0.15, 0.2) is 54.6 Å². The first kappa shape index (κ1) is 18.4. The van der Waals surface area contributed by atoms with Gasteiger partial charge in [-0.1, -0.05) is 12.6 Å². The second-order valence-electron chi connectivity index (χ2n) is 6.99. The molecule has 0 bridgehead atoms. The molecule has 3 N–H and O–H groups in total. The Morgan fingerprint density at radius 1 is 0.933 bits per heavy atom. The Kier molecular flexibility index (Phi) is 3.94. The van der Waals surface area contributed by atoms with Crippen LogP contribution in [-0.4, -0.2) is 27.8 Å². The van der Waals surface area contributed by atoms with E-state index in [-0.39, 0.29) is 34.7 Å². The average Bonchev–Trinajstić information content (AvgIpc) is 3.00. The summed E-state index contributed by atoms with van der Waals surface area (Å²) in [6, 6.07) is 13.9. The third kappa shape index (κ3) is 2.54. The number of esters is 1. The second kappa shape index (κ2) is 6.43. The van der Waals surface area contributed by atoms with E-state index in [1.807, 2.05) is 0 Å². The molecule has 0 fully saturated rings. The first-order valence-corrected chi connectivity index (χ1v) is 9.61. The Labute approximate surface area is 176 Å². The molecular weight excluding hydrogens is 406 g/mol. The number of rotatable bonds is 2. The molecule has 7 nitrogen and oxygen atoms in total. The third-order valence-electron chi connectivity index (χ3n) is 5.19. The summed E-state index contributed by atoms with van der Waals surface area (Å²) in [6.07, 6.45) is 0. The largest absolute Gasteiger partial charge is 0.508 e. The van der Waals surface area contributed by atoms with Crippen LogP contribution >= 0.6 is 12.6 Å². The van der Waals surface area contributed by atoms with Gasteiger partial charge < -0.3 is 25.0 Å². The number of fused-ring (bicyclic) bond motifs is 6. The molecule has 149 valence electrons. The second-order valence-corrected chi connectivity index (χ2v) is 7.28. The number of benzene rings is 3. The summed E-state index contributed by atoms with van der Waals surface area (Å²) in [5, 5.41) is 22.6.